The van der Waals surface area contributed by atoms with E-state index >= 15 is 0 Å². The molecule has 2 amide bonds. The molecule has 8 heteroatoms. The first-order valence-electron chi connectivity index (χ1n) is 12.7. The first-order valence-corrected chi connectivity index (χ1v) is 12.7. The first kappa shape index (κ1) is 24.0. The molecule has 3 aliphatic heterocycles. The molecule has 0 unspecified atom stereocenters. The molecule has 1 aromatic rings. The molecule has 4 aliphatic rings. The number of carboxylic acids is 1. The van der Waals surface area contributed by atoms with Gasteiger partial charge in [-0.1, -0.05) is 55.7 Å². The number of rotatable bonds is 8. The average Bonchev–Trinajstić information content (AvgIpc) is 3.52. The van der Waals surface area contributed by atoms with Gasteiger partial charge in [0.15, 0.2) is 0 Å². The monoisotopic (exact) mass is 482 g/mol. The highest BCUT2D eigenvalue weighted by molar-refractivity contribution is 5.98. The molecule has 35 heavy (non-hydrogen) atoms. The van der Waals surface area contributed by atoms with E-state index in [4.69, 9.17) is 4.74 Å². The van der Waals surface area contributed by atoms with Gasteiger partial charge >= 0.3 is 5.97 Å². The molecule has 1 saturated carbocycles. The van der Waals surface area contributed by atoms with E-state index in [1.54, 1.807) is 6.08 Å². The molecule has 8 nitrogen and oxygen atoms in total. The topological polar surface area (TPSA) is 107 Å². The van der Waals surface area contributed by atoms with Crippen molar-refractivity contribution in [2.45, 2.75) is 74.8 Å². The van der Waals surface area contributed by atoms with Crippen LogP contribution in [0.15, 0.2) is 43.0 Å². The molecule has 1 aromatic carbocycles. The van der Waals surface area contributed by atoms with Crippen LogP contribution < -0.4 is 0 Å². The van der Waals surface area contributed by atoms with E-state index in [1.807, 2.05) is 35.2 Å². The first-order chi connectivity index (χ1) is 16.9. The van der Waals surface area contributed by atoms with Gasteiger partial charge in [0.05, 0.1) is 30.6 Å². The largest absolute Gasteiger partial charge is 0.481 e. The smallest absolute Gasteiger partial charge is 0.310 e. The number of carboxylic acid groups (broad SMARTS) is 1. The number of hydrogen-bond donors (Lipinski definition) is 2. The second kappa shape index (κ2) is 9.39. The SMILES string of the molecule is C=CCN(C(=O)[C@@H]1N([C@H](CO)c2ccccc2)C(=O)[C@H]2[C@H](C(=O)O)[C@@H]3CC[C@]12O3)C1CCCCC1. The predicted octanol–water partition coefficient (Wildman–Crippen LogP) is 2.53. The van der Waals surface area contributed by atoms with Crippen LogP contribution in [0.4, 0.5) is 0 Å². The fraction of sp³-hybridized carbons (Fsp3) is 0.593. The molecule has 5 rings (SSSR count). The number of likely N-dealkylation sites (tertiary alicyclic amines) is 1. The molecule has 6 atom stereocenters. The molecule has 188 valence electrons. The molecule has 3 heterocycles. The quantitative estimate of drug-likeness (QED) is 0.552. The number of ether oxygens (including phenoxy) is 1. The van der Waals surface area contributed by atoms with Crippen LogP contribution in [0.1, 0.15) is 56.6 Å². The predicted molar refractivity (Wildman–Crippen MR) is 127 cm³/mol. The van der Waals surface area contributed by atoms with Gasteiger partial charge in [-0.15, -0.1) is 6.58 Å². The van der Waals surface area contributed by atoms with Gasteiger partial charge in [0.1, 0.15) is 11.6 Å². The molecule has 1 spiro atoms. The van der Waals surface area contributed by atoms with Gasteiger partial charge < -0.3 is 24.7 Å². The third-order valence-corrected chi connectivity index (χ3v) is 8.57. The molecule has 2 N–H and O–H groups in total. The van der Waals surface area contributed by atoms with Crippen LogP contribution in [-0.4, -0.2) is 74.7 Å². The lowest BCUT2D eigenvalue weighted by molar-refractivity contribution is -0.154. The van der Waals surface area contributed by atoms with Crippen molar-refractivity contribution in [2.75, 3.05) is 13.2 Å². The van der Waals surface area contributed by atoms with E-state index in [0.717, 1.165) is 32.1 Å². The standard InChI is InChI=1S/C27H34N2O6/c1-2-15-28(18-11-7-4-8-12-18)25(32)23-27-14-13-20(35-27)21(26(33)34)22(27)24(31)29(23)19(16-30)17-9-5-3-6-10-17/h2-3,5-6,9-10,18-23,30H,1,4,7-8,11-16H2,(H,33,34)/t19-,20+,21-,22-,23+,27-/m1/s1. The number of hydrogen-bond acceptors (Lipinski definition) is 5. The third-order valence-electron chi connectivity index (χ3n) is 8.57. The Kier molecular flexibility index (Phi) is 6.44. The summed E-state index contributed by atoms with van der Waals surface area (Å²) in [4.78, 5) is 44.0. The number of nitrogens with zero attached hydrogens (tertiary/aromatic N) is 2. The Morgan fingerprint density at radius 2 is 1.91 bits per heavy atom. The molecule has 0 radical (unpaired) electrons. The van der Waals surface area contributed by atoms with Crippen molar-refractivity contribution in [3.8, 4) is 0 Å². The highest BCUT2D eigenvalue weighted by atomic mass is 16.5. The second-order valence-electron chi connectivity index (χ2n) is 10.3. The summed E-state index contributed by atoms with van der Waals surface area (Å²) in [5.74, 6) is -3.65. The van der Waals surface area contributed by atoms with Crippen LogP contribution in [0.3, 0.4) is 0 Å². The third kappa shape index (κ3) is 3.69. The minimum atomic E-state index is -1.20. The zero-order chi connectivity index (χ0) is 24.7. The zero-order valence-electron chi connectivity index (χ0n) is 19.9. The second-order valence-corrected chi connectivity index (χ2v) is 10.3. The molecule has 1 aliphatic carbocycles. The van der Waals surface area contributed by atoms with E-state index in [2.05, 4.69) is 6.58 Å². The van der Waals surface area contributed by atoms with E-state index in [9.17, 15) is 24.6 Å². The van der Waals surface area contributed by atoms with Gasteiger partial charge in [-0.05, 0) is 31.2 Å². The highest BCUT2D eigenvalue weighted by Crippen LogP contribution is 2.60. The molecular formula is C27H34N2O6. The molecule has 4 fully saturated rings. The summed E-state index contributed by atoms with van der Waals surface area (Å²) in [5.41, 5.74) is -0.495. The normalized spacial score (nSPS) is 32.9. The van der Waals surface area contributed by atoms with Gasteiger partial charge in [-0.3, -0.25) is 14.4 Å². The average molecular weight is 483 g/mol. The number of aliphatic hydroxyl groups excluding tert-OH is 1. The van der Waals surface area contributed by atoms with Crippen molar-refractivity contribution in [1.29, 1.82) is 0 Å². The maximum absolute atomic E-state index is 14.4. The fourth-order valence-electron chi connectivity index (χ4n) is 7.13. The minimum absolute atomic E-state index is 0.0415. The summed E-state index contributed by atoms with van der Waals surface area (Å²) in [7, 11) is 0. The van der Waals surface area contributed by atoms with Crippen molar-refractivity contribution in [2.24, 2.45) is 11.8 Å². The van der Waals surface area contributed by atoms with Crippen LogP contribution in [-0.2, 0) is 19.1 Å². The van der Waals surface area contributed by atoms with Gasteiger partial charge in [0.2, 0.25) is 11.8 Å². The number of aliphatic hydroxyl groups is 1. The lowest BCUT2D eigenvalue weighted by atomic mass is 9.70. The van der Waals surface area contributed by atoms with Crippen molar-refractivity contribution in [3.05, 3.63) is 48.6 Å². The van der Waals surface area contributed by atoms with Crippen molar-refractivity contribution in [3.63, 3.8) is 0 Å². The lowest BCUT2D eigenvalue weighted by Gasteiger charge is -2.42. The Bertz CT molecular complexity index is 993. The van der Waals surface area contributed by atoms with Crippen LogP contribution in [0.25, 0.3) is 0 Å². The zero-order valence-corrected chi connectivity index (χ0v) is 19.9. The summed E-state index contributed by atoms with van der Waals surface area (Å²) >= 11 is 0. The number of benzene rings is 1. The van der Waals surface area contributed by atoms with Crippen LogP contribution in [0, 0.1) is 11.8 Å². The summed E-state index contributed by atoms with van der Waals surface area (Å²) in [5, 5.41) is 20.5. The minimum Gasteiger partial charge on any atom is -0.481 e. The number of fused-ring (bicyclic) bond motifs is 1. The maximum atomic E-state index is 14.4. The molecular weight excluding hydrogens is 448 g/mol. The van der Waals surface area contributed by atoms with Gasteiger partial charge in [-0.2, -0.15) is 0 Å². The van der Waals surface area contributed by atoms with Crippen molar-refractivity contribution < 1.29 is 29.3 Å². The Morgan fingerprint density at radius 3 is 2.54 bits per heavy atom. The lowest BCUT2D eigenvalue weighted by Crippen LogP contribution is -2.59. The fourth-order valence-corrected chi connectivity index (χ4v) is 7.13. The molecule has 0 aromatic heterocycles. The summed E-state index contributed by atoms with van der Waals surface area (Å²) < 4.78 is 6.34. The van der Waals surface area contributed by atoms with Crippen LogP contribution in [0.2, 0.25) is 0 Å². The van der Waals surface area contributed by atoms with E-state index < -0.39 is 47.5 Å². The Balaban J connectivity index is 1.61. The van der Waals surface area contributed by atoms with Gasteiger partial charge in [-0.25, -0.2) is 0 Å². The Labute approximate surface area is 205 Å². The van der Waals surface area contributed by atoms with E-state index in [-0.39, 0.29) is 18.6 Å². The maximum Gasteiger partial charge on any atom is 0.310 e. The van der Waals surface area contributed by atoms with Crippen molar-refractivity contribution in [1.82, 2.24) is 9.80 Å². The van der Waals surface area contributed by atoms with Crippen LogP contribution >= 0.6 is 0 Å². The van der Waals surface area contributed by atoms with Crippen LogP contribution in [0.5, 0.6) is 0 Å². The number of carbonyl (C=O) groups is 3. The van der Waals surface area contributed by atoms with Gasteiger partial charge in [0, 0.05) is 12.6 Å². The summed E-state index contributed by atoms with van der Waals surface area (Å²) in [6, 6.07) is 7.40. The number of amides is 2. The summed E-state index contributed by atoms with van der Waals surface area (Å²) in [6.07, 6.45) is 7.06. The summed E-state index contributed by atoms with van der Waals surface area (Å²) in [6.45, 7) is 3.83. The number of carbonyl (C=O) groups excluding carboxylic acids is 2. The Hall–Kier alpha value is -2.71. The number of aliphatic carboxylic acids is 1. The molecule has 2 bridgehead atoms. The van der Waals surface area contributed by atoms with Crippen molar-refractivity contribution >= 4 is 17.8 Å². The van der Waals surface area contributed by atoms with Gasteiger partial charge in [0.25, 0.3) is 0 Å². The van der Waals surface area contributed by atoms with E-state index in [0.29, 0.717) is 24.9 Å². The molecule has 3 saturated heterocycles. The Morgan fingerprint density at radius 1 is 1.20 bits per heavy atom. The van der Waals surface area contributed by atoms with E-state index in [1.165, 1.54) is 4.90 Å². The highest BCUT2D eigenvalue weighted by Gasteiger charge is 2.75.